The van der Waals surface area contributed by atoms with Gasteiger partial charge in [0.05, 0.1) is 0 Å². The molecule has 0 radical (unpaired) electrons. The number of aryl methyl sites for hydroxylation is 2. The lowest BCUT2D eigenvalue weighted by Crippen LogP contribution is -2.46. The summed E-state index contributed by atoms with van der Waals surface area (Å²) in [5, 5.41) is 15.7. The van der Waals surface area contributed by atoms with Crippen molar-refractivity contribution in [2.75, 3.05) is 44.7 Å². The smallest absolute Gasteiger partial charge is 0.326 e. The van der Waals surface area contributed by atoms with E-state index in [-0.39, 0.29) is 11.8 Å². The zero-order chi connectivity index (χ0) is 22.3. The molecule has 0 unspecified atom stereocenters. The van der Waals surface area contributed by atoms with Crippen molar-refractivity contribution in [1.82, 2.24) is 15.2 Å². The molecule has 32 heavy (non-hydrogen) atoms. The standard InChI is InChI=1S/C24H36N4O4/c29-23(19-9-14-32-15-10-19)27-21(24(30)31)8-13-28-12-7-17(16-28)3-5-20-6-4-18-2-1-11-25-22(18)26-20/h4,6,17,19,21H,1-3,5,7-16H2,(H,25,26)(H,27,29)(H,30,31)/t17-,21+/m1/s1. The van der Waals surface area contributed by atoms with Crippen LogP contribution in [0.2, 0.25) is 0 Å². The van der Waals surface area contributed by atoms with Crippen LogP contribution in [-0.2, 0) is 27.2 Å². The van der Waals surface area contributed by atoms with Crippen LogP contribution in [0.5, 0.6) is 0 Å². The van der Waals surface area contributed by atoms with Crippen molar-refractivity contribution >= 4 is 17.7 Å². The molecule has 1 aromatic heterocycles. The van der Waals surface area contributed by atoms with E-state index in [4.69, 9.17) is 9.72 Å². The Labute approximate surface area is 190 Å². The van der Waals surface area contributed by atoms with Crippen molar-refractivity contribution in [3.8, 4) is 0 Å². The lowest BCUT2D eigenvalue weighted by Gasteiger charge is -2.24. The first kappa shape index (κ1) is 23.0. The first-order valence-corrected chi connectivity index (χ1v) is 12.1. The van der Waals surface area contributed by atoms with Crippen LogP contribution < -0.4 is 10.6 Å². The normalized spacial score (nSPS) is 22.7. The molecule has 1 aromatic rings. The van der Waals surface area contributed by atoms with E-state index in [1.165, 1.54) is 12.0 Å². The second-order valence-corrected chi connectivity index (χ2v) is 9.41. The van der Waals surface area contributed by atoms with E-state index in [1.54, 1.807) is 0 Å². The molecular weight excluding hydrogens is 408 g/mol. The Balaban J connectivity index is 1.19. The highest BCUT2D eigenvalue weighted by atomic mass is 16.5. The average molecular weight is 445 g/mol. The number of carboxylic acids is 1. The molecule has 2 fully saturated rings. The molecule has 8 heteroatoms. The molecule has 4 rings (SSSR count). The lowest BCUT2D eigenvalue weighted by molar-refractivity contribution is -0.143. The monoisotopic (exact) mass is 444 g/mol. The van der Waals surface area contributed by atoms with E-state index in [9.17, 15) is 14.7 Å². The molecule has 3 N–H and O–H groups in total. The summed E-state index contributed by atoms with van der Waals surface area (Å²) >= 11 is 0. The summed E-state index contributed by atoms with van der Waals surface area (Å²) in [4.78, 5) is 31.2. The third kappa shape index (κ3) is 6.19. The van der Waals surface area contributed by atoms with Gasteiger partial charge in [-0.3, -0.25) is 4.79 Å². The number of fused-ring (bicyclic) bond motifs is 1. The van der Waals surface area contributed by atoms with Crippen LogP contribution in [0.25, 0.3) is 0 Å². The number of aliphatic carboxylic acids is 1. The van der Waals surface area contributed by atoms with E-state index in [2.05, 4.69) is 27.7 Å². The van der Waals surface area contributed by atoms with Crippen LogP contribution in [0.1, 0.15) is 49.8 Å². The maximum absolute atomic E-state index is 12.4. The highest BCUT2D eigenvalue weighted by Crippen LogP contribution is 2.24. The number of carboxylic acid groups (broad SMARTS) is 1. The van der Waals surface area contributed by atoms with Gasteiger partial charge in [-0.05, 0) is 75.5 Å². The quantitative estimate of drug-likeness (QED) is 0.536. The number of aromatic nitrogens is 1. The van der Waals surface area contributed by atoms with Gasteiger partial charge >= 0.3 is 5.97 Å². The van der Waals surface area contributed by atoms with Gasteiger partial charge in [0.15, 0.2) is 0 Å². The number of ether oxygens (including phenoxy) is 1. The van der Waals surface area contributed by atoms with Crippen LogP contribution in [0.4, 0.5) is 5.82 Å². The van der Waals surface area contributed by atoms with Crippen molar-refractivity contribution in [3.05, 3.63) is 23.4 Å². The minimum absolute atomic E-state index is 0.130. The molecule has 176 valence electrons. The zero-order valence-electron chi connectivity index (χ0n) is 18.9. The van der Waals surface area contributed by atoms with E-state index in [0.29, 0.717) is 44.9 Å². The van der Waals surface area contributed by atoms with Gasteiger partial charge in [-0.15, -0.1) is 0 Å². The summed E-state index contributed by atoms with van der Waals surface area (Å²) in [5.74, 6) is 0.444. The second kappa shape index (κ2) is 11.1. The van der Waals surface area contributed by atoms with E-state index in [1.807, 2.05) is 0 Å². The van der Waals surface area contributed by atoms with Gasteiger partial charge in [-0.2, -0.15) is 0 Å². The molecule has 0 aliphatic carbocycles. The second-order valence-electron chi connectivity index (χ2n) is 9.41. The molecule has 1 amide bonds. The maximum Gasteiger partial charge on any atom is 0.326 e. The fraction of sp³-hybridized carbons (Fsp3) is 0.708. The number of pyridine rings is 1. The van der Waals surface area contributed by atoms with Gasteiger partial charge in [0.1, 0.15) is 11.9 Å². The summed E-state index contributed by atoms with van der Waals surface area (Å²) < 4.78 is 5.29. The first-order chi connectivity index (χ1) is 15.6. The Bertz CT molecular complexity index is 796. The van der Waals surface area contributed by atoms with E-state index in [0.717, 1.165) is 56.8 Å². The number of hydrogen-bond donors (Lipinski definition) is 3. The molecule has 4 heterocycles. The molecule has 2 atom stereocenters. The predicted molar refractivity (Wildman–Crippen MR) is 122 cm³/mol. The molecule has 3 aliphatic rings. The van der Waals surface area contributed by atoms with Crippen molar-refractivity contribution in [2.45, 2.75) is 57.4 Å². The van der Waals surface area contributed by atoms with Crippen molar-refractivity contribution in [2.24, 2.45) is 11.8 Å². The molecule has 0 aromatic carbocycles. The lowest BCUT2D eigenvalue weighted by atomic mass is 9.98. The largest absolute Gasteiger partial charge is 0.480 e. The SMILES string of the molecule is O=C(N[C@@H](CCN1CC[C@@H](CCc2ccc3c(n2)NCCC3)C1)C(=O)O)C1CCOCC1. The van der Waals surface area contributed by atoms with E-state index < -0.39 is 12.0 Å². The minimum atomic E-state index is -0.951. The number of nitrogens with one attached hydrogen (secondary N) is 2. The van der Waals surface area contributed by atoms with Crippen molar-refractivity contribution in [3.63, 3.8) is 0 Å². The Kier molecular flexibility index (Phi) is 7.97. The van der Waals surface area contributed by atoms with Crippen molar-refractivity contribution < 1.29 is 19.4 Å². The topological polar surface area (TPSA) is 104 Å². The van der Waals surface area contributed by atoms with Gasteiger partial charge in [0.25, 0.3) is 0 Å². The Morgan fingerprint density at radius 1 is 1.28 bits per heavy atom. The summed E-state index contributed by atoms with van der Waals surface area (Å²) in [5.41, 5.74) is 2.47. The maximum atomic E-state index is 12.4. The van der Waals surface area contributed by atoms with Gasteiger partial charge in [0.2, 0.25) is 5.91 Å². The Morgan fingerprint density at radius 3 is 2.94 bits per heavy atom. The highest BCUT2D eigenvalue weighted by molar-refractivity contribution is 5.85. The summed E-state index contributed by atoms with van der Waals surface area (Å²) in [7, 11) is 0. The average Bonchev–Trinajstić information content (AvgIpc) is 3.28. The molecule has 0 bridgehead atoms. The number of carbonyl (C=O) groups is 2. The molecule has 3 aliphatic heterocycles. The fourth-order valence-electron chi connectivity index (χ4n) is 5.03. The molecule has 8 nitrogen and oxygen atoms in total. The molecule has 0 saturated carbocycles. The Hall–Kier alpha value is -2.19. The highest BCUT2D eigenvalue weighted by Gasteiger charge is 2.28. The van der Waals surface area contributed by atoms with Gasteiger partial charge in [0, 0.05) is 44.5 Å². The van der Waals surface area contributed by atoms with Crippen LogP contribution in [0.3, 0.4) is 0 Å². The van der Waals surface area contributed by atoms with Crippen LogP contribution in [0, 0.1) is 11.8 Å². The summed E-state index contributed by atoms with van der Waals surface area (Å²) in [6.45, 7) is 4.83. The number of nitrogens with zero attached hydrogens (tertiary/aromatic N) is 2. The summed E-state index contributed by atoms with van der Waals surface area (Å²) in [6, 6.07) is 3.55. The van der Waals surface area contributed by atoms with Gasteiger partial charge in [-0.1, -0.05) is 6.07 Å². The third-order valence-electron chi connectivity index (χ3n) is 7.07. The zero-order valence-corrected chi connectivity index (χ0v) is 18.9. The predicted octanol–water partition coefficient (Wildman–Crippen LogP) is 2.08. The Morgan fingerprint density at radius 2 is 2.12 bits per heavy atom. The molecule has 0 spiro atoms. The fourth-order valence-corrected chi connectivity index (χ4v) is 5.03. The van der Waals surface area contributed by atoms with Crippen LogP contribution in [-0.4, -0.2) is 72.3 Å². The number of anilines is 1. The van der Waals surface area contributed by atoms with E-state index >= 15 is 0 Å². The van der Waals surface area contributed by atoms with Crippen LogP contribution >= 0.6 is 0 Å². The van der Waals surface area contributed by atoms with Gasteiger partial charge < -0.3 is 25.4 Å². The third-order valence-corrected chi connectivity index (χ3v) is 7.07. The van der Waals surface area contributed by atoms with Crippen molar-refractivity contribution in [1.29, 1.82) is 0 Å². The number of hydrogen-bond acceptors (Lipinski definition) is 6. The molecule has 2 saturated heterocycles. The molecular formula is C24H36N4O4. The van der Waals surface area contributed by atoms with Gasteiger partial charge in [-0.25, -0.2) is 9.78 Å². The van der Waals surface area contributed by atoms with Crippen LogP contribution in [0.15, 0.2) is 12.1 Å². The first-order valence-electron chi connectivity index (χ1n) is 12.1. The minimum Gasteiger partial charge on any atom is -0.480 e. The number of rotatable bonds is 9. The summed E-state index contributed by atoms with van der Waals surface area (Å²) in [6.07, 6.45) is 7.28. The number of amides is 1. The number of likely N-dealkylation sites (tertiary alicyclic amines) is 1. The number of carbonyl (C=O) groups excluding carboxylic acids is 1.